The topological polar surface area (TPSA) is 92.5 Å². The van der Waals surface area contributed by atoms with Gasteiger partial charge in [0.05, 0.1) is 0 Å². The SMILES string of the molecule is CSc1nc(N)cc(Nc2cc(C)[nH]n2)n1. The number of aromatic amines is 1. The predicted molar refractivity (Wildman–Crippen MR) is 64.8 cm³/mol. The van der Waals surface area contributed by atoms with E-state index in [-0.39, 0.29) is 0 Å². The van der Waals surface area contributed by atoms with Gasteiger partial charge in [0.2, 0.25) is 0 Å². The summed E-state index contributed by atoms with van der Waals surface area (Å²) in [5.74, 6) is 1.79. The lowest BCUT2D eigenvalue weighted by atomic mass is 10.4. The van der Waals surface area contributed by atoms with Gasteiger partial charge in [-0.25, -0.2) is 9.97 Å². The van der Waals surface area contributed by atoms with Gasteiger partial charge in [-0.2, -0.15) is 5.10 Å². The molecule has 0 aliphatic rings. The third-order valence-electron chi connectivity index (χ3n) is 1.87. The van der Waals surface area contributed by atoms with Gasteiger partial charge in [0.25, 0.3) is 0 Å². The Bertz CT molecular complexity index is 494. The van der Waals surface area contributed by atoms with Crippen molar-refractivity contribution in [3.63, 3.8) is 0 Å². The van der Waals surface area contributed by atoms with Crippen molar-refractivity contribution in [2.24, 2.45) is 0 Å². The number of aryl methyl sites for hydroxylation is 1. The standard InChI is InChI=1S/C9H12N6S/c1-5-3-8(15-14-5)12-7-4-6(10)11-9(13-7)16-2/h3-4H,1-2H3,(H4,10,11,12,13,14,15). The zero-order valence-electron chi connectivity index (χ0n) is 8.98. The van der Waals surface area contributed by atoms with Gasteiger partial charge in [-0.15, -0.1) is 0 Å². The number of hydrogen-bond acceptors (Lipinski definition) is 6. The van der Waals surface area contributed by atoms with Gasteiger partial charge in [-0.05, 0) is 13.2 Å². The maximum atomic E-state index is 5.66. The monoisotopic (exact) mass is 236 g/mol. The van der Waals surface area contributed by atoms with E-state index < -0.39 is 0 Å². The minimum Gasteiger partial charge on any atom is -0.383 e. The number of H-pyrrole nitrogens is 1. The number of nitrogens with one attached hydrogen (secondary N) is 2. The Morgan fingerprint density at radius 2 is 2.12 bits per heavy atom. The Hall–Kier alpha value is -1.76. The molecule has 0 fully saturated rings. The largest absolute Gasteiger partial charge is 0.383 e. The Labute approximate surface area is 97.1 Å². The fraction of sp³-hybridized carbons (Fsp3) is 0.222. The normalized spacial score (nSPS) is 10.4. The second-order valence-corrected chi connectivity index (χ2v) is 4.00. The summed E-state index contributed by atoms with van der Waals surface area (Å²) in [6, 6.07) is 3.56. The number of hydrogen-bond donors (Lipinski definition) is 3. The van der Waals surface area contributed by atoms with Gasteiger partial charge in [-0.1, -0.05) is 11.8 Å². The first-order valence-corrected chi connectivity index (χ1v) is 5.87. The summed E-state index contributed by atoms with van der Waals surface area (Å²) in [5.41, 5.74) is 6.64. The summed E-state index contributed by atoms with van der Waals surface area (Å²) in [5, 5.41) is 10.6. The van der Waals surface area contributed by atoms with Crippen molar-refractivity contribution in [3.05, 3.63) is 17.8 Å². The second kappa shape index (κ2) is 4.40. The van der Waals surface area contributed by atoms with E-state index in [9.17, 15) is 0 Å². The third-order valence-corrected chi connectivity index (χ3v) is 2.42. The van der Waals surface area contributed by atoms with Crippen LogP contribution < -0.4 is 11.1 Å². The number of rotatable bonds is 3. The number of nitrogens with zero attached hydrogens (tertiary/aromatic N) is 3. The lowest BCUT2D eigenvalue weighted by Gasteiger charge is -2.04. The Kier molecular flexibility index (Phi) is 2.95. The first-order valence-electron chi connectivity index (χ1n) is 4.65. The van der Waals surface area contributed by atoms with Gasteiger partial charge < -0.3 is 11.1 Å². The molecule has 0 spiro atoms. The Balaban J connectivity index is 2.24. The van der Waals surface area contributed by atoms with E-state index in [0.29, 0.717) is 22.6 Å². The van der Waals surface area contributed by atoms with Crippen molar-refractivity contribution in [2.75, 3.05) is 17.3 Å². The van der Waals surface area contributed by atoms with Crippen molar-refractivity contribution in [3.8, 4) is 0 Å². The van der Waals surface area contributed by atoms with E-state index in [2.05, 4.69) is 25.5 Å². The quantitative estimate of drug-likeness (QED) is 0.553. The predicted octanol–water partition coefficient (Wildman–Crippen LogP) is 1.56. The molecule has 0 aliphatic heterocycles. The molecule has 0 saturated heterocycles. The molecular formula is C9H12N6S. The second-order valence-electron chi connectivity index (χ2n) is 3.23. The van der Waals surface area contributed by atoms with E-state index in [1.807, 2.05) is 19.2 Å². The van der Waals surface area contributed by atoms with E-state index in [0.717, 1.165) is 5.69 Å². The van der Waals surface area contributed by atoms with Crippen LogP contribution in [0.3, 0.4) is 0 Å². The molecule has 0 aromatic carbocycles. The zero-order valence-corrected chi connectivity index (χ0v) is 9.80. The molecule has 0 saturated carbocycles. The molecular weight excluding hydrogens is 224 g/mol. The molecule has 16 heavy (non-hydrogen) atoms. The van der Waals surface area contributed by atoms with Gasteiger partial charge in [0, 0.05) is 17.8 Å². The van der Waals surface area contributed by atoms with Gasteiger partial charge in [0.15, 0.2) is 11.0 Å². The molecule has 2 aromatic heterocycles. The van der Waals surface area contributed by atoms with Crippen LogP contribution in [0.1, 0.15) is 5.69 Å². The highest BCUT2D eigenvalue weighted by molar-refractivity contribution is 7.98. The lowest BCUT2D eigenvalue weighted by molar-refractivity contribution is 0.979. The summed E-state index contributed by atoms with van der Waals surface area (Å²) in [7, 11) is 0. The molecule has 0 bridgehead atoms. The van der Waals surface area contributed by atoms with Gasteiger partial charge in [0.1, 0.15) is 11.6 Å². The highest BCUT2D eigenvalue weighted by atomic mass is 32.2. The number of nitrogen functional groups attached to an aromatic ring is 1. The average molecular weight is 236 g/mol. The van der Waals surface area contributed by atoms with Gasteiger partial charge in [-0.3, -0.25) is 5.10 Å². The molecule has 6 nitrogen and oxygen atoms in total. The fourth-order valence-corrected chi connectivity index (χ4v) is 1.60. The van der Waals surface area contributed by atoms with Crippen LogP contribution in [0, 0.1) is 6.92 Å². The smallest absolute Gasteiger partial charge is 0.191 e. The molecule has 0 aliphatic carbocycles. The molecule has 84 valence electrons. The molecule has 2 rings (SSSR count). The maximum Gasteiger partial charge on any atom is 0.191 e. The van der Waals surface area contributed by atoms with Crippen LogP contribution in [-0.2, 0) is 0 Å². The van der Waals surface area contributed by atoms with E-state index in [4.69, 9.17) is 5.73 Å². The Morgan fingerprint density at radius 1 is 1.31 bits per heavy atom. The Morgan fingerprint density at radius 3 is 2.75 bits per heavy atom. The first kappa shape index (κ1) is 10.7. The van der Waals surface area contributed by atoms with Crippen LogP contribution in [-0.4, -0.2) is 26.4 Å². The molecule has 2 heterocycles. The van der Waals surface area contributed by atoms with Crippen molar-refractivity contribution in [2.45, 2.75) is 12.1 Å². The maximum absolute atomic E-state index is 5.66. The zero-order chi connectivity index (χ0) is 11.5. The van der Waals surface area contributed by atoms with Crippen molar-refractivity contribution < 1.29 is 0 Å². The molecule has 7 heteroatoms. The molecule has 0 atom stereocenters. The highest BCUT2D eigenvalue weighted by Gasteiger charge is 2.03. The molecule has 0 unspecified atom stereocenters. The van der Waals surface area contributed by atoms with Crippen LogP contribution >= 0.6 is 11.8 Å². The van der Waals surface area contributed by atoms with Crippen molar-refractivity contribution in [1.82, 2.24) is 20.2 Å². The summed E-state index contributed by atoms with van der Waals surface area (Å²) < 4.78 is 0. The summed E-state index contributed by atoms with van der Waals surface area (Å²) in [4.78, 5) is 8.32. The first-order chi connectivity index (χ1) is 7.67. The number of aromatic nitrogens is 4. The summed E-state index contributed by atoms with van der Waals surface area (Å²) in [6.45, 7) is 1.93. The number of thioether (sulfide) groups is 1. The minimum atomic E-state index is 0.439. The van der Waals surface area contributed by atoms with Crippen molar-refractivity contribution >= 4 is 29.2 Å². The lowest BCUT2D eigenvalue weighted by Crippen LogP contribution is -2.00. The summed E-state index contributed by atoms with van der Waals surface area (Å²) >= 11 is 1.44. The highest BCUT2D eigenvalue weighted by Crippen LogP contribution is 2.18. The van der Waals surface area contributed by atoms with Gasteiger partial charge >= 0.3 is 0 Å². The number of nitrogens with two attached hydrogens (primary N) is 1. The van der Waals surface area contributed by atoms with E-state index in [1.165, 1.54) is 11.8 Å². The van der Waals surface area contributed by atoms with Crippen LogP contribution in [0.2, 0.25) is 0 Å². The van der Waals surface area contributed by atoms with Crippen molar-refractivity contribution in [1.29, 1.82) is 0 Å². The molecule has 2 aromatic rings. The van der Waals surface area contributed by atoms with Crippen LogP contribution in [0.15, 0.2) is 17.3 Å². The minimum absolute atomic E-state index is 0.439. The van der Waals surface area contributed by atoms with Crippen LogP contribution in [0.25, 0.3) is 0 Å². The molecule has 0 amide bonds. The van der Waals surface area contributed by atoms with E-state index in [1.54, 1.807) is 6.07 Å². The molecule has 0 radical (unpaired) electrons. The van der Waals surface area contributed by atoms with Crippen LogP contribution in [0.5, 0.6) is 0 Å². The van der Waals surface area contributed by atoms with Crippen LogP contribution in [0.4, 0.5) is 17.5 Å². The fourth-order valence-electron chi connectivity index (χ4n) is 1.21. The molecule has 4 N–H and O–H groups in total. The number of anilines is 3. The summed E-state index contributed by atoms with van der Waals surface area (Å²) in [6.07, 6.45) is 1.90. The average Bonchev–Trinajstić information content (AvgIpc) is 2.63. The third kappa shape index (κ3) is 2.43. The van der Waals surface area contributed by atoms with E-state index >= 15 is 0 Å².